The van der Waals surface area contributed by atoms with E-state index < -0.39 is 41.9 Å². The first-order valence-corrected chi connectivity index (χ1v) is 41.6. The molecule has 0 saturated carbocycles. The number of nitrogens with zero attached hydrogens (tertiary/aromatic N) is 9. The molecule has 0 spiro atoms. The van der Waals surface area contributed by atoms with E-state index in [-0.39, 0.29) is 36.6 Å². The summed E-state index contributed by atoms with van der Waals surface area (Å²) in [5.41, 5.74) is 13.1. The zero-order valence-corrected chi connectivity index (χ0v) is 65.2. The fourth-order valence-corrected chi connectivity index (χ4v) is 17.3. The number of aliphatic carboxylic acids is 3. The second-order valence-electron chi connectivity index (χ2n) is 31.5. The molecule has 0 bridgehead atoms. The van der Waals surface area contributed by atoms with Crippen LogP contribution in [0.15, 0.2) is 72.9 Å². The summed E-state index contributed by atoms with van der Waals surface area (Å²) in [4.78, 5) is 71.4. The minimum atomic E-state index is -1.00. The number of likely N-dealkylation sites (tertiary alicyclic amines) is 3. The van der Waals surface area contributed by atoms with Crippen molar-refractivity contribution in [2.45, 2.75) is 242 Å². The molecule has 15 heterocycles. The van der Waals surface area contributed by atoms with Gasteiger partial charge in [-0.05, 0) is 240 Å². The van der Waals surface area contributed by atoms with Gasteiger partial charge < -0.3 is 59.7 Å². The fraction of sp³-hybridized carbons (Fsp3) is 0.616. The third kappa shape index (κ3) is 22.4. The lowest BCUT2D eigenvalue weighted by molar-refractivity contribution is -0.144. The molecule has 6 aromatic rings. The summed E-state index contributed by atoms with van der Waals surface area (Å²) in [7, 11) is 0. The van der Waals surface area contributed by atoms with Crippen molar-refractivity contribution in [1.29, 1.82) is 0 Å². The molecule has 25 heteroatoms. The van der Waals surface area contributed by atoms with E-state index in [9.17, 15) is 34.1 Å². The van der Waals surface area contributed by atoms with E-state index in [0.29, 0.717) is 90.2 Å². The average Bonchev–Trinajstić information content (AvgIpc) is 1.63. The van der Waals surface area contributed by atoms with Crippen LogP contribution in [-0.2, 0) is 81.3 Å². The van der Waals surface area contributed by atoms with Crippen LogP contribution < -0.4 is 16.0 Å². The van der Waals surface area contributed by atoms with Crippen LogP contribution in [0.2, 0.25) is 0 Å². The minimum absolute atomic E-state index is 0.0381. The number of rotatable bonds is 30. The molecule has 111 heavy (non-hydrogen) atoms. The monoisotopic (exact) mass is 1530 g/mol. The molecule has 0 radical (unpaired) electrons. The van der Waals surface area contributed by atoms with E-state index in [1.165, 1.54) is 35.6 Å². The number of hydrogen-bond acceptors (Lipinski definition) is 21. The molecule has 6 fully saturated rings. The van der Waals surface area contributed by atoms with Crippen LogP contribution >= 0.6 is 0 Å². The summed E-state index contributed by atoms with van der Waals surface area (Å²) < 4.78 is 50.6. The summed E-state index contributed by atoms with van der Waals surface area (Å²) in [6.45, 7) is 14.6. The normalized spacial score (nSPS) is 22.8. The number of carboxylic acid groups (broad SMARTS) is 3. The number of pyridine rings is 6. The summed E-state index contributed by atoms with van der Waals surface area (Å²) >= 11 is 0. The maximum atomic E-state index is 14.2. The molecule has 0 amide bonds. The van der Waals surface area contributed by atoms with Gasteiger partial charge in [0.2, 0.25) is 0 Å². The highest BCUT2D eigenvalue weighted by Crippen LogP contribution is 2.40. The van der Waals surface area contributed by atoms with Crippen molar-refractivity contribution < 1.29 is 62.5 Å². The number of aromatic nitrogens is 6. The lowest BCUT2D eigenvalue weighted by Crippen LogP contribution is -2.35. The maximum Gasteiger partial charge on any atom is 0.325 e. The van der Waals surface area contributed by atoms with Gasteiger partial charge in [-0.25, -0.2) is 19.3 Å². The molecule has 6 aromatic heterocycles. The standard InChI is InChI=1S/2C29H40N4O4.C28H37FN4O4/c2*1-20-10-13-24(26(31-20)25-9-3-5-18-37-25)27(29(34)35)33-16-14-23(19-33)36-17-4-2-8-22-12-11-21-7-6-15-30-28(21)32-22;29-20-16-23(25(31-17-20)24-8-2-4-15-37-24)26(28(34)35)33-13-11-22(18-33)36-14-3-1-7-21-10-9-19-6-5-12-30-27(19)32-21/h2*10-13,23,25,27H,2-9,14-19H2,1H3,(H,30,32)(H,34,35);9-10,16-17,22,24,26H,1-8,11-15,18H2,(H,30,32)(H,34,35)/t23-,25?,27+;23-,25?,27-;22-,24-,26+/m111/s1. The minimum Gasteiger partial charge on any atom is -0.480 e. The number of fused-ring (bicyclic) bond motifs is 3. The van der Waals surface area contributed by atoms with Crippen LogP contribution in [0.4, 0.5) is 21.8 Å². The maximum absolute atomic E-state index is 14.2. The van der Waals surface area contributed by atoms with Crippen molar-refractivity contribution in [2.24, 2.45) is 0 Å². The Kier molecular flexibility index (Phi) is 29.9. The zero-order chi connectivity index (χ0) is 76.8. The van der Waals surface area contributed by atoms with Gasteiger partial charge in [-0.1, -0.05) is 30.3 Å². The lowest BCUT2D eigenvalue weighted by atomic mass is 9.96. The van der Waals surface area contributed by atoms with E-state index in [1.807, 2.05) is 52.8 Å². The van der Waals surface area contributed by atoms with Gasteiger partial charge >= 0.3 is 17.9 Å². The second kappa shape index (κ2) is 40.8. The van der Waals surface area contributed by atoms with Gasteiger partial charge in [0, 0.05) is 144 Å². The summed E-state index contributed by atoms with van der Waals surface area (Å²) in [6.07, 6.45) is 27.4. The highest BCUT2D eigenvalue weighted by Gasteiger charge is 2.41. The first-order valence-electron chi connectivity index (χ1n) is 41.6. The number of ether oxygens (including phenoxy) is 6. The lowest BCUT2D eigenvalue weighted by Gasteiger charge is -2.30. The fourth-order valence-electron chi connectivity index (χ4n) is 17.3. The summed E-state index contributed by atoms with van der Waals surface area (Å²) in [6, 6.07) is 19.6. The Balaban J connectivity index is 0.000000146. The Morgan fingerprint density at radius 3 is 1.16 bits per heavy atom. The van der Waals surface area contributed by atoms with Crippen molar-refractivity contribution in [3.05, 3.63) is 158 Å². The highest BCUT2D eigenvalue weighted by atomic mass is 19.1. The predicted molar refractivity (Wildman–Crippen MR) is 421 cm³/mol. The largest absolute Gasteiger partial charge is 0.480 e. The Bertz CT molecular complexity index is 3860. The first-order chi connectivity index (χ1) is 54.2. The van der Waals surface area contributed by atoms with E-state index in [2.05, 4.69) is 57.3 Å². The third-order valence-corrected chi connectivity index (χ3v) is 23.2. The molecule has 6 saturated heterocycles. The van der Waals surface area contributed by atoms with Gasteiger partial charge in [-0.15, -0.1) is 0 Å². The highest BCUT2D eigenvalue weighted by molar-refractivity contribution is 5.77. The Morgan fingerprint density at radius 2 is 0.811 bits per heavy atom. The third-order valence-electron chi connectivity index (χ3n) is 23.2. The molecule has 9 aliphatic heterocycles. The van der Waals surface area contributed by atoms with E-state index in [1.54, 1.807) is 0 Å². The molecule has 6 N–H and O–H groups in total. The smallest absolute Gasteiger partial charge is 0.325 e. The van der Waals surface area contributed by atoms with Gasteiger partial charge in [-0.2, -0.15) is 0 Å². The zero-order valence-electron chi connectivity index (χ0n) is 65.2. The van der Waals surface area contributed by atoms with E-state index >= 15 is 0 Å². The second-order valence-corrected chi connectivity index (χ2v) is 31.5. The molecular weight excluding hydrogens is 1410 g/mol. The Morgan fingerprint density at radius 1 is 0.450 bits per heavy atom. The molecule has 9 atom stereocenters. The van der Waals surface area contributed by atoms with Gasteiger partial charge in [0.25, 0.3) is 0 Å². The molecule has 0 aromatic carbocycles. The van der Waals surface area contributed by atoms with Crippen LogP contribution in [0.5, 0.6) is 0 Å². The molecule has 600 valence electrons. The van der Waals surface area contributed by atoms with Gasteiger partial charge in [0.1, 0.15) is 41.4 Å². The SMILES string of the molecule is Cc1ccc([C@@H](C(=O)O)N2CC[C@@H](OCCCCc3ccc4c(n3)NCCC4)C2)c(C2CCCCO2)n1.Cc1ccc([C@H](C(=O)O)N2CC[C@@H](OCCCCc3ccc4c(n3)NCCC4)C2)c(C2CCCCO2)n1.O=C(O)[C@H](c1cc(F)cnc1[C@H]1CCCCO1)N1CC[C@@H](OCCCCc2ccc3c(n2)NCCC3)C1. The quantitative estimate of drug-likeness (QED) is 0.0228. The van der Waals surface area contributed by atoms with Crippen molar-refractivity contribution >= 4 is 35.4 Å². The number of anilines is 3. The summed E-state index contributed by atoms with van der Waals surface area (Å²) in [5.74, 6) is -0.0623. The number of nitrogens with one attached hydrogen (secondary N) is 3. The van der Waals surface area contributed by atoms with Crippen molar-refractivity contribution in [3.8, 4) is 0 Å². The first kappa shape index (κ1) is 81.3. The number of carboxylic acids is 3. The van der Waals surface area contributed by atoms with Gasteiger partial charge in [0.05, 0.1) is 59.9 Å². The molecule has 24 nitrogen and oxygen atoms in total. The summed E-state index contributed by atoms with van der Waals surface area (Å²) in [5, 5.41) is 40.8. The number of hydrogen-bond donors (Lipinski definition) is 6. The van der Waals surface area contributed by atoms with Crippen LogP contribution in [0.3, 0.4) is 0 Å². The average molecular weight is 1530 g/mol. The molecule has 0 aliphatic carbocycles. The van der Waals surface area contributed by atoms with Crippen LogP contribution in [0.25, 0.3) is 0 Å². The van der Waals surface area contributed by atoms with Crippen molar-refractivity contribution in [1.82, 2.24) is 44.6 Å². The number of unbranched alkanes of at least 4 members (excludes halogenated alkanes) is 3. The number of halogens is 1. The number of carbonyl (C=O) groups is 3. The van der Waals surface area contributed by atoms with E-state index in [0.717, 1.165) is 255 Å². The van der Waals surface area contributed by atoms with Crippen molar-refractivity contribution in [3.63, 3.8) is 0 Å². The van der Waals surface area contributed by atoms with Crippen LogP contribution in [-0.4, -0.2) is 195 Å². The molecule has 2 unspecified atom stereocenters. The van der Waals surface area contributed by atoms with Gasteiger partial charge in [0.15, 0.2) is 0 Å². The molecular formula is C86H117FN12O12. The van der Waals surface area contributed by atoms with Crippen molar-refractivity contribution in [2.75, 3.05) is 114 Å². The van der Waals surface area contributed by atoms with Crippen LogP contribution in [0.1, 0.15) is 250 Å². The van der Waals surface area contributed by atoms with Gasteiger partial charge in [-0.3, -0.25) is 44.0 Å². The van der Waals surface area contributed by atoms with Crippen LogP contribution in [0, 0.1) is 19.7 Å². The topological polar surface area (TPSA) is 290 Å². The molecule has 9 aliphatic rings. The molecule has 15 rings (SSSR count). The Labute approximate surface area is 653 Å². The Hall–Kier alpha value is -7.72. The van der Waals surface area contributed by atoms with E-state index in [4.69, 9.17) is 53.3 Å². The predicted octanol–water partition coefficient (Wildman–Crippen LogP) is 13.7. The number of aryl methyl sites for hydroxylation is 8.